The maximum Gasteiger partial charge on any atom is 0.246 e. The van der Waals surface area contributed by atoms with Crippen LogP contribution in [0.5, 0.6) is 5.75 Å². The second kappa shape index (κ2) is 8.08. The van der Waals surface area contributed by atoms with Crippen LogP contribution in [0.25, 0.3) is 0 Å². The maximum absolute atomic E-state index is 13.5. The van der Waals surface area contributed by atoms with E-state index in [4.69, 9.17) is 0 Å². The van der Waals surface area contributed by atoms with E-state index >= 15 is 0 Å². The number of thioether (sulfide) groups is 1. The molecule has 0 fully saturated rings. The molecular formula is C19H23F2N3O3S2. The number of alkyl halides is 2. The number of benzene rings is 1. The molecule has 0 aliphatic carbocycles. The molecule has 0 saturated heterocycles. The fourth-order valence-corrected chi connectivity index (χ4v) is 5.25. The molecule has 6 nitrogen and oxygen atoms in total. The third kappa shape index (κ3) is 4.49. The fourth-order valence-electron chi connectivity index (χ4n) is 3.28. The lowest BCUT2D eigenvalue weighted by Crippen LogP contribution is -2.41. The predicted octanol–water partition coefficient (Wildman–Crippen LogP) is 4.09. The van der Waals surface area contributed by atoms with Crippen molar-refractivity contribution in [3.8, 4) is 5.75 Å². The number of fused-ring (bicyclic) bond motifs is 1. The highest BCUT2D eigenvalue weighted by molar-refractivity contribution is 7.98. The standard InChI is InChI=1S/C19H23F2N3O3S2/c1-19(20,21)10-9-14-12-24(13-7-5-4-6-8-13)17-16(29(26,27)23(14)2)11-15(25)18(22-17)28-3/h4-8,11,14,25H,9-10,12H2,1-3H3/t14-/m1/s1. The first-order valence-corrected chi connectivity index (χ1v) is 11.7. The zero-order valence-electron chi connectivity index (χ0n) is 16.3. The lowest BCUT2D eigenvalue weighted by atomic mass is 10.1. The lowest BCUT2D eigenvalue weighted by Gasteiger charge is -2.29. The molecule has 0 radical (unpaired) electrons. The highest BCUT2D eigenvalue weighted by atomic mass is 32.2. The average molecular weight is 444 g/mol. The van der Waals surface area contributed by atoms with E-state index in [1.807, 2.05) is 18.2 Å². The van der Waals surface area contributed by atoms with Gasteiger partial charge in [0.25, 0.3) is 0 Å². The minimum atomic E-state index is -4.05. The molecule has 2 heterocycles. The number of anilines is 2. The number of pyridine rings is 1. The Kier molecular flexibility index (Phi) is 6.07. The molecule has 0 spiro atoms. The van der Waals surface area contributed by atoms with Crippen LogP contribution < -0.4 is 4.90 Å². The topological polar surface area (TPSA) is 73.7 Å². The summed E-state index contributed by atoms with van der Waals surface area (Å²) in [7, 11) is -2.67. The summed E-state index contributed by atoms with van der Waals surface area (Å²) >= 11 is 1.19. The summed E-state index contributed by atoms with van der Waals surface area (Å²) in [5.74, 6) is -2.96. The van der Waals surface area contributed by atoms with Crippen molar-refractivity contribution in [2.24, 2.45) is 0 Å². The molecular weight excluding hydrogens is 420 g/mol. The van der Waals surface area contributed by atoms with Gasteiger partial charge in [-0.2, -0.15) is 4.31 Å². The minimum Gasteiger partial charge on any atom is -0.505 e. The van der Waals surface area contributed by atoms with Crippen LogP contribution in [0.15, 0.2) is 46.3 Å². The molecule has 158 valence electrons. The summed E-state index contributed by atoms with van der Waals surface area (Å²) < 4.78 is 54.6. The Hall–Kier alpha value is -1.91. The van der Waals surface area contributed by atoms with E-state index in [9.17, 15) is 22.3 Å². The molecule has 1 aromatic heterocycles. The number of aromatic nitrogens is 1. The van der Waals surface area contributed by atoms with Gasteiger partial charge in [0.15, 0.2) is 5.82 Å². The molecule has 0 unspecified atom stereocenters. The van der Waals surface area contributed by atoms with Crippen molar-refractivity contribution in [1.82, 2.24) is 9.29 Å². The summed E-state index contributed by atoms with van der Waals surface area (Å²) in [6, 6.07) is 9.55. The number of hydrogen-bond donors (Lipinski definition) is 1. The third-order valence-corrected chi connectivity index (χ3v) is 7.51. The highest BCUT2D eigenvalue weighted by Crippen LogP contribution is 2.40. The molecule has 29 heavy (non-hydrogen) atoms. The molecule has 1 aromatic carbocycles. The maximum atomic E-state index is 13.5. The largest absolute Gasteiger partial charge is 0.505 e. The smallest absolute Gasteiger partial charge is 0.246 e. The van der Waals surface area contributed by atoms with E-state index in [0.717, 1.165) is 11.2 Å². The molecule has 0 bridgehead atoms. The Morgan fingerprint density at radius 3 is 2.55 bits per heavy atom. The zero-order chi connectivity index (χ0) is 21.4. The number of rotatable bonds is 5. The molecule has 1 aliphatic heterocycles. The number of likely N-dealkylation sites (N-methyl/N-ethyl adjacent to an activating group) is 1. The van der Waals surface area contributed by atoms with Gasteiger partial charge in [0.05, 0.1) is 0 Å². The van der Waals surface area contributed by atoms with E-state index in [1.165, 1.54) is 24.9 Å². The summed E-state index contributed by atoms with van der Waals surface area (Å²) in [6.45, 7) is 0.987. The van der Waals surface area contributed by atoms with Gasteiger partial charge in [-0.15, -0.1) is 11.8 Å². The molecule has 1 N–H and O–H groups in total. The van der Waals surface area contributed by atoms with Crippen LogP contribution in [-0.2, 0) is 10.0 Å². The van der Waals surface area contributed by atoms with Gasteiger partial charge in [-0.25, -0.2) is 22.2 Å². The Bertz CT molecular complexity index is 982. The van der Waals surface area contributed by atoms with Gasteiger partial charge in [0.2, 0.25) is 15.9 Å². The monoisotopic (exact) mass is 443 g/mol. The fraction of sp³-hybridized carbons (Fsp3) is 0.421. The first kappa shape index (κ1) is 21.8. The van der Waals surface area contributed by atoms with Gasteiger partial charge in [-0.05, 0) is 31.7 Å². The van der Waals surface area contributed by atoms with Crippen LogP contribution in [0.4, 0.5) is 20.3 Å². The molecule has 0 amide bonds. The lowest BCUT2D eigenvalue weighted by molar-refractivity contribution is 0.00680. The molecule has 0 saturated carbocycles. The van der Waals surface area contributed by atoms with E-state index in [1.54, 1.807) is 23.3 Å². The van der Waals surface area contributed by atoms with Crippen molar-refractivity contribution < 1.29 is 22.3 Å². The van der Waals surface area contributed by atoms with E-state index < -0.39 is 28.4 Å². The second-order valence-electron chi connectivity index (χ2n) is 7.07. The summed E-state index contributed by atoms with van der Waals surface area (Å²) in [5, 5.41) is 10.5. The van der Waals surface area contributed by atoms with Gasteiger partial charge in [-0.1, -0.05) is 18.2 Å². The van der Waals surface area contributed by atoms with Gasteiger partial charge in [0, 0.05) is 37.8 Å². The zero-order valence-corrected chi connectivity index (χ0v) is 18.0. The summed E-state index contributed by atoms with van der Waals surface area (Å²) in [4.78, 5) is 5.98. The van der Waals surface area contributed by atoms with Crippen LogP contribution in [0.2, 0.25) is 0 Å². The number of halogens is 2. The van der Waals surface area contributed by atoms with Crippen LogP contribution >= 0.6 is 11.8 Å². The Morgan fingerprint density at radius 1 is 1.31 bits per heavy atom. The quantitative estimate of drug-likeness (QED) is 0.702. The number of nitrogens with zero attached hydrogens (tertiary/aromatic N) is 3. The van der Waals surface area contributed by atoms with Gasteiger partial charge in [-0.3, -0.25) is 0 Å². The highest BCUT2D eigenvalue weighted by Gasteiger charge is 2.39. The van der Waals surface area contributed by atoms with E-state index in [0.29, 0.717) is 10.7 Å². The Labute approximate surface area is 173 Å². The molecule has 1 atom stereocenters. The van der Waals surface area contributed by atoms with Gasteiger partial charge in [0.1, 0.15) is 15.7 Å². The van der Waals surface area contributed by atoms with Crippen molar-refractivity contribution in [3.05, 3.63) is 36.4 Å². The summed E-state index contributed by atoms with van der Waals surface area (Å²) in [6.07, 6.45) is 1.27. The Morgan fingerprint density at radius 2 is 1.97 bits per heavy atom. The number of hydrogen-bond acceptors (Lipinski definition) is 6. The van der Waals surface area contributed by atoms with E-state index in [-0.39, 0.29) is 29.4 Å². The predicted molar refractivity (Wildman–Crippen MR) is 110 cm³/mol. The van der Waals surface area contributed by atoms with Crippen molar-refractivity contribution in [1.29, 1.82) is 0 Å². The number of para-hydroxylation sites is 1. The molecule has 1 aliphatic rings. The van der Waals surface area contributed by atoms with Crippen LogP contribution in [-0.4, -0.2) is 54.6 Å². The van der Waals surface area contributed by atoms with E-state index in [2.05, 4.69) is 4.98 Å². The summed E-state index contributed by atoms with van der Waals surface area (Å²) in [5.41, 5.74) is 0.692. The molecule has 3 rings (SSSR count). The van der Waals surface area contributed by atoms with Crippen LogP contribution in [0.3, 0.4) is 0 Å². The first-order chi connectivity index (χ1) is 13.5. The van der Waals surface area contributed by atoms with Gasteiger partial charge < -0.3 is 10.0 Å². The van der Waals surface area contributed by atoms with Crippen molar-refractivity contribution in [2.75, 3.05) is 24.7 Å². The van der Waals surface area contributed by atoms with Crippen LogP contribution in [0, 0.1) is 0 Å². The Balaban J connectivity index is 2.18. The first-order valence-electron chi connectivity index (χ1n) is 9.01. The third-order valence-electron chi connectivity index (χ3n) is 4.91. The number of sulfonamides is 1. The molecule has 2 aromatic rings. The average Bonchev–Trinajstić information content (AvgIpc) is 2.74. The van der Waals surface area contributed by atoms with Crippen molar-refractivity contribution >= 4 is 33.3 Å². The normalized spacial score (nSPS) is 19.6. The van der Waals surface area contributed by atoms with Crippen molar-refractivity contribution in [3.63, 3.8) is 0 Å². The number of aromatic hydroxyl groups is 1. The minimum absolute atomic E-state index is 0.0160. The SMILES string of the molecule is CSc1nc2c(cc1O)S(=O)(=O)N(C)[C@H](CCC(C)(F)F)CN2c1ccccc1. The molecule has 10 heteroatoms. The second-order valence-corrected chi connectivity index (χ2v) is 9.83. The van der Waals surface area contributed by atoms with Crippen molar-refractivity contribution in [2.45, 2.75) is 41.7 Å². The van der Waals surface area contributed by atoms with Crippen LogP contribution in [0.1, 0.15) is 19.8 Å². The van der Waals surface area contributed by atoms with Gasteiger partial charge >= 0.3 is 0 Å².